The molecular weight excluding hydrogens is 394 g/mol. The molecule has 30 heavy (non-hydrogen) atoms. The Kier molecular flexibility index (Phi) is 7.05. The molecule has 3 aromatic rings. The van der Waals surface area contributed by atoms with Gasteiger partial charge in [-0.25, -0.2) is 4.98 Å². The normalized spacial score (nSPS) is 14.6. The van der Waals surface area contributed by atoms with E-state index in [-0.39, 0.29) is 5.91 Å². The summed E-state index contributed by atoms with van der Waals surface area (Å²) < 4.78 is 0. The molecule has 0 spiro atoms. The number of pyridine rings is 1. The zero-order chi connectivity index (χ0) is 20.6. The number of carbonyl (C=O) groups excluding carboxylic acids is 1. The Hall–Kier alpha value is -2.77. The van der Waals surface area contributed by atoms with Crippen molar-refractivity contribution >= 4 is 22.9 Å². The standard InChI is InChI=1S/C23H27N5OS/c29-22(25-17-23-26-21(18-30-23)19-8-10-24-11-9-19)7-4-12-27-13-15-28(16-14-27)20-5-2-1-3-6-20/h1-3,5-6,8-11,18H,4,7,12-17H2,(H,25,29). The summed E-state index contributed by atoms with van der Waals surface area (Å²) in [5.41, 5.74) is 3.28. The Balaban J connectivity index is 1.13. The zero-order valence-corrected chi connectivity index (χ0v) is 17.9. The number of piperazine rings is 1. The number of benzene rings is 1. The van der Waals surface area contributed by atoms with E-state index in [0.717, 1.165) is 55.4 Å². The highest BCUT2D eigenvalue weighted by molar-refractivity contribution is 7.09. The highest BCUT2D eigenvalue weighted by Crippen LogP contribution is 2.21. The second-order valence-corrected chi connectivity index (χ2v) is 8.35. The fraction of sp³-hybridized carbons (Fsp3) is 0.348. The topological polar surface area (TPSA) is 61.4 Å². The van der Waals surface area contributed by atoms with Crippen LogP contribution in [-0.4, -0.2) is 53.5 Å². The number of nitrogens with one attached hydrogen (secondary N) is 1. The quantitative estimate of drug-likeness (QED) is 0.604. The van der Waals surface area contributed by atoms with Gasteiger partial charge in [0.15, 0.2) is 0 Å². The number of nitrogens with zero attached hydrogens (tertiary/aromatic N) is 4. The Morgan fingerprint density at radius 1 is 1.03 bits per heavy atom. The van der Waals surface area contributed by atoms with Gasteiger partial charge in [0.25, 0.3) is 0 Å². The summed E-state index contributed by atoms with van der Waals surface area (Å²) in [5.74, 6) is 0.0959. The van der Waals surface area contributed by atoms with Crippen LogP contribution in [0.3, 0.4) is 0 Å². The van der Waals surface area contributed by atoms with E-state index in [2.05, 4.69) is 55.4 Å². The van der Waals surface area contributed by atoms with Crippen molar-refractivity contribution in [2.24, 2.45) is 0 Å². The minimum atomic E-state index is 0.0959. The number of para-hydroxylation sites is 1. The molecule has 0 bridgehead atoms. The van der Waals surface area contributed by atoms with Gasteiger partial charge in [0, 0.05) is 61.6 Å². The molecule has 6 nitrogen and oxygen atoms in total. The van der Waals surface area contributed by atoms with Gasteiger partial charge in [-0.3, -0.25) is 14.7 Å². The first kappa shape index (κ1) is 20.5. The van der Waals surface area contributed by atoms with E-state index in [1.165, 1.54) is 5.69 Å². The highest BCUT2D eigenvalue weighted by Gasteiger charge is 2.17. The summed E-state index contributed by atoms with van der Waals surface area (Å²) in [6.07, 6.45) is 4.97. The minimum Gasteiger partial charge on any atom is -0.369 e. The van der Waals surface area contributed by atoms with Crippen LogP contribution in [0.1, 0.15) is 17.8 Å². The lowest BCUT2D eigenvalue weighted by molar-refractivity contribution is -0.121. The third kappa shape index (κ3) is 5.64. The van der Waals surface area contributed by atoms with Gasteiger partial charge in [-0.1, -0.05) is 18.2 Å². The van der Waals surface area contributed by atoms with E-state index in [1.54, 1.807) is 23.7 Å². The number of hydrogen-bond donors (Lipinski definition) is 1. The van der Waals surface area contributed by atoms with Crippen molar-refractivity contribution in [2.45, 2.75) is 19.4 Å². The van der Waals surface area contributed by atoms with Gasteiger partial charge in [0.1, 0.15) is 5.01 Å². The van der Waals surface area contributed by atoms with E-state index in [4.69, 9.17) is 0 Å². The molecule has 1 saturated heterocycles. The molecule has 0 unspecified atom stereocenters. The summed E-state index contributed by atoms with van der Waals surface area (Å²) in [5, 5.41) is 5.94. The number of carbonyl (C=O) groups is 1. The van der Waals surface area contributed by atoms with Crippen LogP contribution < -0.4 is 10.2 Å². The van der Waals surface area contributed by atoms with Crippen molar-refractivity contribution in [3.8, 4) is 11.3 Å². The van der Waals surface area contributed by atoms with Crippen LogP contribution in [0.5, 0.6) is 0 Å². The van der Waals surface area contributed by atoms with Gasteiger partial charge >= 0.3 is 0 Å². The van der Waals surface area contributed by atoms with E-state index in [1.807, 2.05) is 17.5 Å². The molecule has 7 heteroatoms. The van der Waals surface area contributed by atoms with Crippen molar-refractivity contribution in [3.63, 3.8) is 0 Å². The lowest BCUT2D eigenvalue weighted by Crippen LogP contribution is -2.46. The number of rotatable bonds is 8. The molecule has 1 N–H and O–H groups in total. The number of hydrogen-bond acceptors (Lipinski definition) is 6. The van der Waals surface area contributed by atoms with Crippen LogP contribution in [0.15, 0.2) is 60.2 Å². The fourth-order valence-corrected chi connectivity index (χ4v) is 4.38. The third-order valence-electron chi connectivity index (χ3n) is 5.34. The molecule has 3 heterocycles. The summed E-state index contributed by atoms with van der Waals surface area (Å²) in [4.78, 5) is 25.7. The van der Waals surface area contributed by atoms with Crippen molar-refractivity contribution in [1.29, 1.82) is 0 Å². The first-order valence-corrected chi connectivity index (χ1v) is 11.3. The number of amides is 1. The fourth-order valence-electron chi connectivity index (χ4n) is 3.64. The molecule has 156 valence electrons. The average Bonchev–Trinajstić information content (AvgIpc) is 3.29. The van der Waals surface area contributed by atoms with E-state index < -0.39 is 0 Å². The summed E-state index contributed by atoms with van der Waals surface area (Å²) >= 11 is 1.57. The molecule has 4 rings (SSSR count). The average molecular weight is 422 g/mol. The van der Waals surface area contributed by atoms with Gasteiger partial charge in [-0.05, 0) is 37.2 Å². The molecule has 1 aliphatic heterocycles. The number of aromatic nitrogens is 2. The Morgan fingerprint density at radius 2 is 1.80 bits per heavy atom. The lowest BCUT2D eigenvalue weighted by atomic mass is 10.2. The van der Waals surface area contributed by atoms with Crippen molar-refractivity contribution in [3.05, 3.63) is 65.2 Å². The van der Waals surface area contributed by atoms with Crippen molar-refractivity contribution in [2.75, 3.05) is 37.6 Å². The Morgan fingerprint density at radius 3 is 2.57 bits per heavy atom. The van der Waals surface area contributed by atoms with E-state index in [9.17, 15) is 4.79 Å². The van der Waals surface area contributed by atoms with Gasteiger partial charge < -0.3 is 10.2 Å². The number of anilines is 1. The zero-order valence-electron chi connectivity index (χ0n) is 17.0. The van der Waals surface area contributed by atoms with Gasteiger partial charge in [0.2, 0.25) is 5.91 Å². The molecule has 2 aromatic heterocycles. The van der Waals surface area contributed by atoms with Crippen LogP contribution in [0, 0.1) is 0 Å². The molecule has 1 aliphatic rings. The largest absolute Gasteiger partial charge is 0.369 e. The predicted molar refractivity (Wildman–Crippen MR) is 122 cm³/mol. The summed E-state index contributed by atoms with van der Waals surface area (Å²) in [6, 6.07) is 14.5. The molecular formula is C23H27N5OS. The molecule has 0 saturated carbocycles. The minimum absolute atomic E-state index is 0.0959. The first-order valence-electron chi connectivity index (χ1n) is 10.4. The van der Waals surface area contributed by atoms with E-state index in [0.29, 0.717) is 13.0 Å². The smallest absolute Gasteiger partial charge is 0.220 e. The van der Waals surface area contributed by atoms with Crippen LogP contribution in [0.25, 0.3) is 11.3 Å². The molecule has 0 radical (unpaired) electrons. The predicted octanol–water partition coefficient (Wildman–Crippen LogP) is 3.42. The maximum atomic E-state index is 12.2. The number of thiazole rings is 1. The van der Waals surface area contributed by atoms with Crippen LogP contribution in [0.2, 0.25) is 0 Å². The lowest BCUT2D eigenvalue weighted by Gasteiger charge is -2.36. The molecule has 0 atom stereocenters. The van der Waals surface area contributed by atoms with Crippen molar-refractivity contribution < 1.29 is 4.79 Å². The second kappa shape index (κ2) is 10.3. The summed E-state index contributed by atoms with van der Waals surface area (Å²) in [7, 11) is 0. The molecule has 1 amide bonds. The van der Waals surface area contributed by atoms with Crippen LogP contribution >= 0.6 is 11.3 Å². The monoisotopic (exact) mass is 421 g/mol. The van der Waals surface area contributed by atoms with Crippen LogP contribution in [0.4, 0.5) is 5.69 Å². The Bertz CT molecular complexity index is 923. The summed E-state index contributed by atoms with van der Waals surface area (Å²) in [6.45, 7) is 5.64. The SMILES string of the molecule is O=C(CCCN1CCN(c2ccccc2)CC1)NCc1nc(-c2ccncc2)cs1. The van der Waals surface area contributed by atoms with Crippen molar-refractivity contribution in [1.82, 2.24) is 20.2 Å². The maximum absolute atomic E-state index is 12.2. The molecule has 0 aliphatic carbocycles. The molecule has 1 aromatic carbocycles. The second-order valence-electron chi connectivity index (χ2n) is 7.41. The molecule has 1 fully saturated rings. The third-order valence-corrected chi connectivity index (χ3v) is 6.19. The van der Waals surface area contributed by atoms with Gasteiger partial charge in [-0.15, -0.1) is 11.3 Å². The van der Waals surface area contributed by atoms with Gasteiger partial charge in [0.05, 0.1) is 12.2 Å². The Labute approximate surface area is 181 Å². The van der Waals surface area contributed by atoms with Crippen LogP contribution in [-0.2, 0) is 11.3 Å². The highest BCUT2D eigenvalue weighted by atomic mass is 32.1. The van der Waals surface area contributed by atoms with Gasteiger partial charge in [-0.2, -0.15) is 0 Å². The maximum Gasteiger partial charge on any atom is 0.220 e. The van der Waals surface area contributed by atoms with E-state index >= 15 is 0 Å². The first-order chi connectivity index (χ1) is 14.8.